The Morgan fingerprint density at radius 3 is 2.71 bits per heavy atom. The number of fused-ring (bicyclic) bond motifs is 1. The molecule has 0 saturated carbocycles. The Bertz CT molecular complexity index is 912. The van der Waals surface area contributed by atoms with Crippen molar-refractivity contribution < 1.29 is 4.74 Å². The highest BCUT2D eigenvalue weighted by Gasteiger charge is 2.18. The van der Waals surface area contributed by atoms with Gasteiger partial charge in [-0.1, -0.05) is 12.1 Å². The monoisotopic (exact) mass is 378 g/mol. The standard InChI is InChI=1S/C23H30N4O/c1-18-6-5-7-21(19(18)2)27-15-13-26(14-16-27)12-3-4-17-28-22-9-8-20-10-11-24-23(20)25-22/h5-11H,3-4,12-17H2,1-2H3,(H,24,25). The van der Waals surface area contributed by atoms with E-state index in [1.54, 1.807) is 0 Å². The number of hydrogen-bond acceptors (Lipinski definition) is 4. The Morgan fingerprint density at radius 1 is 1.00 bits per heavy atom. The predicted octanol–water partition coefficient (Wildman–Crippen LogP) is 4.16. The molecule has 0 bridgehead atoms. The van der Waals surface area contributed by atoms with Gasteiger partial charge in [0.05, 0.1) is 6.61 Å². The van der Waals surface area contributed by atoms with E-state index < -0.39 is 0 Å². The van der Waals surface area contributed by atoms with Crippen molar-refractivity contribution in [3.05, 3.63) is 53.7 Å². The fourth-order valence-electron chi connectivity index (χ4n) is 3.90. The van der Waals surface area contributed by atoms with Crippen LogP contribution in [-0.2, 0) is 0 Å². The normalized spacial score (nSPS) is 15.3. The molecule has 0 radical (unpaired) electrons. The Balaban J connectivity index is 1.16. The number of unbranched alkanes of at least 4 members (excludes halogenated alkanes) is 1. The largest absolute Gasteiger partial charge is 0.478 e. The minimum atomic E-state index is 0.706. The number of aryl methyl sites for hydroxylation is 1. The van der Waals surface area contributed by atoms with Crippen LogP contribution in [0.2, 0.25) is 0 Å². The lowest BCUT2D eigenvalue weighted by Gasteiger charge is -2.37. The fourth-order valence-corrected chi connectivity index (χ4v) is 3.90. The third kappa shape index (κ3) is 4.30. The summed E-state index contributed by atoms with van der Waals surface area (Å²) >= 11 is 0. The van der Waals surface area contributed by atoms with E-state index in [0.717, 1.165) is 63.2 Å². The lowest BCUT2D eigenvalue weighted by atomic mass is 10.1. The average Bonchev–Trinajstić information content (AvgIpc) is 3.18. The molecular weight excluding hydrogens is 348 g/mol. The van der Waals surface area contributed by atoms with Crippen LogP contribution in [0.1, 0.15) is 24.0 Å². The van der Waals surface area contributed by atoms with Gasteiger partial charge in [0.15, 0.2) is 0 Å². The summed E-state index contributed by atoms with van der Waals surface area (Å²) in [6.07, 6.45) is 4.12. The molecule has 5 heteroatoms. The van der Waals surface area contributed by atoms with Crippen LogP contribution in [-0.4, -0.2) is 54.2 Å². The zero-order valence-corrected chi connectivity index (χ0v) is 16.9. The van der Waals surface area contributed by atoms with Crippen LogP contribution in [0.5, 0.6) is 5.88 Å². The number of nitrogens with one attached hydrogen (secondary N) is 1. The van der Waals surface area contributed by atoms with Crippen molar-refractivity contribution in [1.29, 1.82) is 0 Å². The number of nitrogens with zero attached hydrogens (tertiary/aromatic N) is 3. The van der Waals surface area contributed by atoms with E-state index in [-0.39, 0.29) is 0 Å². The Kier molecular flexibility index (Phi) is 5.81. The summed E-state index contributed by atoms with van der Waals surface area (Å²) in [4.78, 5) is 12.7. The molecular formula is C23H30N4O. The molecule has 4 rings (SSSR count). The van der Waals surface area contributed by atoms with Gasteiger partial charge in [-0.3, -0.25) is 4.90 Å². The predicted molar refractivity (Wildman–Crippen MR) is 115 cm³/mol. The maximum atomic E-state index is 5.81. The molecule has 1 aliphatic rings. The number of pyridine rings is 1. The van der Waals surface area contributed by atoms with Gasteiger partial charge >= 0.3 is 0 Å². The number of H-pyrrole nitrogens is 1. The molecule has 2 aromatic heterocycles. The van der Waals surface area contributed by atoms with Gasteiger partial charge in [0.25, 0.3) is 0 Å². The second kappa shape index (κ2) is 8.65. The van der Waals surface area contributed by atoms with E-state index >= 15 is 0 Å². The lowest BCUT2D eigenvalue weighted by Crippen LogP contribution is -2.46. The smallest absolute Gasteiger partial charge is 0.215 e. The first-order valence-electron chi connectivity index (χ1n) is 10.3. The molecule has 1 aromatic carbocycles. The van der Waals surface area contributed by atoms with Crippen LogP contribution in [0.25, 0.3) is 11.0 Å². The second-order valence-corrected chi connectivity index (χ2v) is 7.67. The number of hydrogen-bond donors (Lipinski definition) is 1. The Hall–Kier alpha value is -2.53. The van der Waals surface area contributed by atoms with Crippen molar-refractivity contribution in [3.63, 3.8) is 0 Å². The molecule has 0 unspecified atom stereocenters. The highest BCUT2D eigenvalue weighted by atomic mass is 16.5. The molecule has 1 N–H and O–H groups in total. The fraction of sp³-hybridized carbons (Fsp3) is 0.435. The van der Waals surface area contributed by atoms with Crippen LogP contribution < -0.4 is 9.64 Å². The van der Waals surface area contributed by atoms with Crippen LogP contribution in [0.3, 0.4) is 0 Å². The summed E-state index contributed by atoms with van der Waals surface area (Å²) in [6, 6.07) is 12.6. The average molecular weight is 379 g/mol. The first kappa shape index (κ1) is 18.8. The number of ether oxygens (including phenoxy) is 1. The van der Waals surface area contributed by atoms with Crippen molar-refractivity contribution in [2.24, 2.45) is 0 Å². The number of anilines is 1. The first-order chi connectivity index (χ1) is 13.7. The quantitative estimate of drug-likeness (QED) is 0.627. The van der Waals surface area contributed by atoms with Gasteiger partial charge in [-0.25, -0.2) is 0 Å². The molecule has 1 aliphatic heterocycles. The number of rotatable bonds is 7. The third-order valence-electron chi connectivity index (χ3n) is 5.79. The van der Waals surface area contributed by atoms with E-state index in [0.29, 0.717) is 5.88 Å². The summed E-state index contributed by atoms with van der Waals surface area (Å²) in [6.45, 7) is 10.8. The van der Waals surface area contributed by atoms with E-state index in [9.17, 15) is 0 Å². The zero-order valence-electron chi connectivity index (χ0n) is 16.9. The highest BCUT2D eigenvalue weighted by molar-refractivity contribution is 5.75. The SMILES string of the molecule is Cc1cccc(N2CCN(CCCCOc3ccc4cc[nH]c4n3)CC2)c1C. The maximum Gasteiger partial charge on any atom is 0.215 e. The van der Waals surface area contributed by atoms with E-state index in [2.05, 4.69) is 51.8 Å². The topological polar surface area (TPSA) is 44.4 Å². The molecule has 5 nitrogen and oxygen atoms in total. The molecule has 0 atom stereocenters. The van der Waals surface area contributed by atoms with Gasteiger partial charge in [0, 0.05) is 49.5 Å². The van der Waals surface area contributed by atoms with Gasteiger partial charge in [0.2, 0.25) is 5.88 Å². The van der Waals surface area contributed by atoms with Crippen molar-refractivity contribution in [1.82, 2.24) is 14.9 Å². The molecule has 1 fully saturated rings. The van der Waals surface area contributed by atoms with E-state index in [4.69, 9.17) is 4.74 Å². The molecule has 3 heterocycles. The number of piperazine rings is 1. The van der Waals surface area contributed by atoms with Gasteiger partial charge in [-0.15, -0.1) is 0 Å². The van der Waals surface area contributed by atoms with Gasteiger partial charge in [-0.2, -0.15) is 4.98 Å². The molecule has 0 aliphatic carbocycles. The van der Waals surface area contributed by atoms with Gasteiger partial charge in [-0.05, 0) is 62.6 Å². The minimum absolute atomic E-state index is 0.706. The zero-order chi connectivity index (χ0) is 19.3. The molecule has 1 saturated heterocycles. The van der Waals surface area contributed by atoms with E-state index in [1.165, 1.54) is 16.8 Å². The Labute approximate surface area is 167 Å². The number of benzene rings is 1. The summed E-state index contributed by atoms with van der Waals surface area (Å²) in [5, 5.41) is 1.12. The van der Waals surface area contributed by atoms with Crippen molar-refractivity contribution >= 4 is 16.7 Å². The van der Waals surface area contributed by atoms with Crippen molar-refractivity contribution in [3.8, 4) is 5.88 Å². The van der Waals surface area contributed by atoms with Crippen LogP contribution in [0, 0.1) is 13.8 Å². The summed E-state index contributed by atoms with van der Waals surface area (Å²) in [5.41, 5.74) is 5.09. The van der Waals surface area contributed by atoms with Crippen molar-refractivity contribution in [2.75, 3.05) is 44.2 Å². The number of aromatic nitrogens is 2. The van der Waals surface area contributed by atoms with Crippen LogP contribution >= 0.6 is 0 Å². The summed E-state index contributed by atoms with van der Waals surface area (Å²) < 4.78 is 5.81. The lowest BCUT2D eigenvalue weighted by molar-refractivity contribution is 0.236. The summed E-state index contributed by atoms with van der Waals surface area (Å²) in [7, 11) is 0. The molecule has 0 amide bonds. The maximum absolute atomic E-state index is 5.81. The summed E-state index contributed by atoms with van der Waals surface area (Å²) in [5.74, 6) is 0.706. The first-order valence-corrected chi connectivity index (χ1v) is 10.3. The van der Waals surface area contributed by atoms with Gasteiger partial charge in [0.1, 0.15) is 5.65 Å². The van der Waals surface area contributed by atoms with E-state index in [1.807, 2.05) is 24.4 Å². The highest BCUT2D eigenvalue weighted by Crippen LogP contribution is 2.24. The second-order valence-electron chi connectivity index (χ2n) is 7.67. The molecule has 3 aromatic rings. The van der Waals surface area contributed by atoms with Gasteiger partial charge < -0.3 is 14.6 Å². The van der Waals surface area contributed by atoms with Crippen LogP contribution in [0.4, 0.5) is 5.69 Å². The minimum Gasteiger partial charge on any atom is -0.478 e. The molecule has 28 heavy (non-hydrogen) atoms. The number of aromatic amines is 1. The van der Waals surface area contributed by atoms with Crippen molar-refractivity contribution in [2.45, 2.75) is 26.7 Å². The van der Waals surface area contributed by atoms with Crippen LogP contribution in [0.15, 0.2) is 42.6 Å². The molecule has 148 valence electrons. The molecule has 0 spiro atoms. The Morgan fingerprint density at radius 2 is 1.86 bits per heavy atom. The third-order valence-corrected chi connectivity index (χ3v) is 5.79.